The van der Waals surface area contributed by atoms with Gasteiger partial charge in [0.15, 0.2) is 0 Å². The first-order valence-electron chi connectivity index (χ1n) is 6.65. The van der Waals surface area contributed by atoms with Crippen molar-refractivity contribution in [3.63, 3.8) is 0 Å². The molecule has 2 aromatic carbocycles. The maximum Gasteiger partial charge on any atom is 0.446 e. The number of hydrogen-bond acceptors (Lipinski definition) is 8. The Labute approximate surface area is 141 Å². The molecule has 0 aliphatic carbocycles. The minimum absolute atomic E-state index is 0.196. The number of ketones is 2. The van der Waals surface area contributed by atoms with Crippen molar-refractivity contribution >= 4 is 22.0 Å². The predicted octanol–water partition coefficient (Wildman–Crippen LogP) is 0.979. The van der Waals surface area contributed by atoms with Gasteiger partial charge in [-0.25, -0.2) is 0 Å². The normalized spacial score (nSPS) is 11.1. The highest BCUT2D eigenvalue weighted by Crippen LogP contribution is 2.32. The van der Waals surface area contributed by atoms with Crippen LogP contribution in [0.5, 0.6) is 23.0 Å². The molecule has 0 saturated carbocycles. The molecule has 0 aliphatic heterocycles. The van der Waals surface area contributed by atoms with Crippen LogP contribution in [0.4, 0.5) is 0 Å². The number of hydrogen-bond donors (Lipinski definition) is 4. The van der Waals surface area contributed by atoms with Crippen LogP contribution in [0.15, 0.2) is 36.4 Å². The third kappa shape index (κ3) is 4.68. The monoisotopic (exact) mass is 368 g/mol. The summed E-state index contributed by atoms with van der Waals surface area (Å²) in [5.74, 6) is -4.28. The number of carbonyl (C=O) groups is 2. The van der Waals surface area contributed by atoms with Crippen LogP contribution in [-0.2, 0) is 21.6 Å². The van der Waals surface area contributed by atoms with E-state index in [-0.39, 0.29) is 5.75 Å². The van der Waals surface area contributed by atoms with Crippen LogP contribution < -0.4 is 4.18 Å². The quantitative estimate of drug-likeness (QED) is 0.331. The lowest BCUT2D eigenvalue weighted by Gasteiger charge is -2.07. The fourth-order valence-corrected chi connectivity index (χ4v) is 2.37. The van der Waals surface area contributed by atoms with E-state index in [4.69, 9.17) is 4.55 Å². The van der Waals surface area contributed by atoms with E-state index in [1.54, 1.807) is 0 Å². The first-order chi connectivity index (χ1) is 11.6. The smallest absolute Gasteiger partial charge is 0.446 e. The van der Waals surface area contributed by atoms with E-state index < -0.39 is 51.2 Å². The van der Waals surface area contributed by atoms with Gasteiger partial charge in [-0.3, -0.25) is 14.1 Å². The molecule has 0 aromatic heterocycles. The Kier molecular flexibility index (Phi) is 4.95. The molecule has 2 rings (SSSR count). The van der Waals surface area contributed by atoms with E-state index in [2.05, 4.69) is 4.18 Å². The summed E-state index contributed by atoms with van der Waals surface area (Å²) < 4.78 is 33.9. The molecule has 9 nitrogen and oxygen atoms in total. The average molecular weight is 368 g/mol. The summed E-state index contributed by atoms with van der Waals surface area (Å²) in [4.78, 5) is 24.1. The molecule has 0 unspecified atom stereocenters. The van der Waals surface area contributed by atoms with E-state index in [9.17, 15) is 33.3 Å². The number of aromatic hydroxyl groups is 3. The fourth-order valence-electron chi connectivity index (χ4n) is 2.02. The second-order valence-electron chi connectivity index (χ2n) is 4.94. The number of phenolic OH excluding ortho intramolecular Hbond substituents is 3. The van der Waals surface area contributed by atoms with Gasteiger partial charge in [-0.15, -0.1) is 0 Å². The summed E-state index contributed by atoms with van der Waals surface area (Å²) in [6.07, 6.45) is -0.398. The Hall–Kier alpha value is -3.11. The Bertz CT molecular complexity index is 907. The molecule has 25 heavy (non-hydrogen) atoms. The van der Waals surface area contributed by atoms with Crippen molar-refractivity contribution in [2.45, 2.75) is 6.42 Å². The molecule has 0 saturated heterocycles. The fraction of sp³-hybridized carbons (Fsp3) is 0.0667. The Morgan fingerprint density at radius 3 is 1.96 bits per heavy atom. The van der Waals surface area contributed by atoms with Crippen molar-refractivity contribution in [3.8, 4) is 23.0 Å². The van der Waals surface area contributed by atoms with Crippen molar-refractivity contribution in [2.75, 3.05) is 0 Å². The molecule has 0 spiro atoms. The van der Waals surface area contributed by atoms with Crippen molar-refractivity contribution in [3.05, 3.63) is 47.5 Å². The average Bonchev–Trinajstić information content (AvgIpc) is 2.46. The van der Waals surface area contributed by atoms with Gasteiger partial charge in [-0.1, -0.05) is 12.1 Å². The highest BCUT2D eigenvalue weighted by molar-refractivity contribution is 7.81. The molecule has 0 radical (unpaired) electrons. The zero-order valence-corrected chi connectivity index (χ0v) is 13.2. The van der Waals surface area contributed by atoms with Crippen molar-refractivity contribution in [2.24, 2.45) is 0 Å². The molecule has 0 bridgehead atoms. The number of Topliss-reactive ketones (excluding diaryl/α,β-unsaturated/α-hetero) is 2. The largest absolute Gasteiger partial charge is 0.508 e. The zero-order valence-electron chi connectivity index (χ0n) is 12.4. The van der Waals surface area contributed by atoms with Crippen LogP contribution in [0.1, 0.15) is 15.9 Å². The Morgan fingerprint density at radius 2 is 1.48 bits per heavy atom. The Morgan fingerprint density at radius 1 is 0.960 bits per heavy atom. The van der Waals surface area contributed by atoms with Crippen LogP contribution in [-0.4, -0.2) is 39.9 Å². The van der Waals surface area contributed by atoms with Gasteiger partial charge in [0.1, 0.15) is 28.6 Å². The lowest BCUT2D eigenvalue weighted by atomic mass is 10.00. The summed E-state index contributed by atoms with van der Waals surface area (Å²) in [5.41, 5.74) is -0.312. The number of carbonyl (C=O) groups excluding carboxylic acids is 2. The Balaban J connectivity index is 2.16. The van der Waals surface area contributed by atoms with Crippen molar-refractivity contribution < 1.29 is 42.1 Å². The van der Waals surface area contributed by atoms with Gasteiger partial charge in [0.2, 0.25) is 11.6 Å². The molecule has 4 N–H and O–H groups in total. The van der Waals surface area contributed by atoms with Gasteiger partial charge in [0.05, 0.1) is 0 Å². The van der Waals surface area contributed by atoms with Crippen LogP contribution >= 0.6 is 0 Å². The molecule has 132 valence electrons. The summed E-state index contributed by atoms with van der Waals surface area (Å²) in [6.45, 7) is 0. The molecule has 0 heterocycles. The van der Waals surface area contributed by atoms with Gasteiger partial charge >= 0.3 is 10.4 Å². The molecule has 10 heteroatoms. The third-order valence-corrected chi connectivity index (χ3v) is 3.45. The van der Waals surface area contributed by atoms with Gasteiger partial charge in [-0.05, 0) is 17.7 Å². The van der Waals surface area contributed by atoms with Crippen LogP contribution in [0.3, 0.4) is 0 Å². The molecule has 0 fully saturated rings. The second kappa shape index (κ2) is 6.79. The zero-order chi connectivity index (χ0) is 18.8. The summed E-state index contributed by atoms with van der Waals surface area (Å²) in [6, 6.07) is 6.53. The molecule has 0 amide bonds. The lowest BCUT2D eigenvalue weighted by molar-refractivity contribution is -0.114. The number of phenols is 3. The highest BCUT2D eigenvalue weighted by atomic mass is 32.3. The summed E-state index contributed by atoms with van der Waals surface area (Å²) in [7, 11) is -4.67. The lowest BCUT2D eigenvalue weighted by Crippen LogP contribution is -2.17. The third-order valence-electron chi connectivity index (χ3n) is 3.05. The van der Waals surface area contributed by atoms with Crippen LogP contribution in [0.25, 0.3) is 0 Å². The standard InChI is InChI=1S/C15H12O9S/c16-9-6-11(17)14(12(18)7-9)15(20)13(19)5-8-1-3-10(4-2-8)24-25(21,22)23/h1-4,6-7,16-18H,5H2,(H,21,22,23). The van der Waals surface area contributed by atoms with Gasteiger partial charge in [0, 0.05) is 18.6 Å². The van der Waals surface area contributed by atoms with E-state index in [1.165, 1.54) is 12.1 Å². The topological polar surface area (TPSA) is 158 Å². The van der Waals surface area contributed by atoms with Crippen molar-refractivity contribution in [1.82, 2.24) is 0 Å². The van der Waals surface area contributed by atoms with Crippen LogP contribution in [0.2, 0.25) is 0 Å². The van der Waals surface area contributed by atoms with Gasteiger partial charge < -0.3 is 19.5 Å². The first-order valence-corrected chi connectivity index (χ1v) is 8.01. The number of benzene rings is 2. The first kappa shape index (κ1) is 18.2. The van der Waals surface area contributed by atoms with Crippen molar-refractivity contribution in [1.29, 1.82) is 0 Å². The summed E-state index contributed by atoms with van der Waals surface area (Å²) in [5, 5.41) is 28.4. The second-order valence-corrected chi connectivity index (χ2v) is 5.97. The van der Waals surface area contributed by atoms with Gasteiger partial charge in [0.25, 0.3) is 0 Å². The van der Waals surface area contributed by atoms with E-state index >= 15 is 0 Å². The van der Waals surface area contributed by atoms with E-state index in [0.29, 0.717) is 5.56 Å². The van der Waals surface area contributed by atoms with Crippen LogP contribution in [0, 0.1) is 0 Å². The molecular formula is C15H12O9S. The molecule has 0 aliphatic rings. The van der Waals surface area contributed by atoms with E-state index in [1.807, 2.05) is 0 Å². The minimum Gasteiger partial charge on any atom is -0.508 e. The molecular weight excluding hydrogens is 356 g/mol. The molecule has 0 atom stereocenters. The highest BCUT2D eigenvalue weighted by Gasteiger charge is 2.24. The SMILES string of the molecule is O=C(Cc1ccc(OS(=O)(=O)O)cc1)C(=O)c1c(O)cc(O)cc1O. The maximum absolute atomic E-state index is 12.1. The molecule has 2 aromatic rings. The predicted molar refractivity (Wildman–Crippen MR) is 83.1 cm³/mol. The maximum atomic E-state index is 12.1. The summed E-state index contributed by atoms with van der Waals surface area (Å²) >= 11 is 0. The number of rotatable bonds is 6. The van der Waals surface area contributed by atoms with Gasteiger partial charge in [-0.2, -0.15) is 8.42 Å². The van der Waals surface area contributed by atoms with E-state index in [0.717, 1.165) is 24.3 Å². The minimum atomic E-state index is -4.67.